The van der Waals surface area contributed by atoms with Gasteiger partial charge in [0.15, 0.2) is 11.3 Å². The number of hydrogen-bond donors (Lipinski definition) is 1. The molecule has 4 rings (SSSR count). The molecule has 2 aromatic rings. The molecule has 1 saturated carbocycles. The van der Waals surface area contributed by atoms with Gasteiger partial charge in [0.05, 0.1) is 5.56 Å². The Morgan fingerprint density at radius 3 is 2.83 bits per heavy atom. The quantitative estimate of drug-likeness (QED) is 0.606. The zero-order chi connectivity index (χ0) is 20.8. The van der Waals surface area contributed by atoms with Crippen LogP contribution in [0.15, 0.2) is 35.6 Å². The Morgan fingerprint density at radius 2 is 2.17 bits per heavy atom. The van der Waals surface area contributed by atoms with Crippen molar-refractivity contribution >= 4 is 11.8 Å². The van der Waals surface area contributed by atoms with Crippen LogP contribution >= 0.6 is 0 Å². The number of hydrogen-bond acceptors (Lipinski definition) is 7. The highest BCUT2D eigenvalue weighted by Crippen LogP contribution is 2.56. The zero-order valence-electron chi connectivity index (χ0n) is 14.8. The SMILES string of the molecule is N#Cc1ccc(C(=O)Cc2cnc(F)c([C@]3(C(F)F)N=C(N)O[C@H]4C[C@H]43)c2)nc1. The van der Waals surface area contributed by atoms with Gasteiger partial charge in [0, 0.05) is 30.3 Å². The molecule has 2 aromatic heterocycles. The first-order valence-electron chi connectivity index (χ1n) is 8.69. The van der Waals surface area contributed by atoms with Gasteiger partial charge in [0.2, 0.25) is 5.95 Å². The molecular formula is C19H14F3N5O2. The number of ketones is 1. The van der Waals surface area contributed by atoms with Crippen molar-refractivity contribution in [2.75, 3.05) is 0 Å². The van der Waals surface area contributed by atoms with Gasteiger partial charge in [-0.25, -0.2) is 18.8 Å². The number of rotatable bonds is 5. The van der Waals surface area contributed by atoms with Crippen LogP contribution in [0.2, 0.25) is 0 Å². The molecule has 0 spiro atoms. The van der Waals surface area contributed by atoms with Gasteiger partial charge >= 0.3 is 0 Å². The predicted octanol–water partition coefficient (Wildman–Crippen LogP) is 2.11. The summed E-state index contributed by atoms with van der Waals surface area (Å²) in [4.78, 5) is 23.7. The van der Waals surface area contributed by atoms with Crippen molar-refractivity contribution in [1.29, 1.82) is 5.26 Å². The summed E-state index contributed by atoms with van der Waals surface area (Å²) in [6.07, 6.45) is -1.19. The van der Waals surface area contributed by atoms with E-state index in [1.807, 2.05) is 6.07 Å². The summed E-state index contributed by atoms with van der Waals surface area (Å²) in [7, 11) is 0. The molecular weight excluding hydrogens is 387 g/mol. The van der Waals surface area contributed by atoms with E-state index in [0.717, 1.165) is 6.20 Å². The highest BCUT2D eigenvalue weighted by atomic mass is 19.3. The summed E-state index contributed by atoms with van der Waals surface area (Å²) < 4.78 is 47.9. The van der Waals surface area contributed by atoms with Crippen LogP contribution < -0.4 is 5.73 Å². The second kappa shape index (κ2) is 6.84. The first-order chi connectivity index (χ1) is 13.8. The number of nitrogens with two attached hydrogens (primary N) is 1. The minimum Gasteiger partial charge on any atom is -0.462 e. The second-order valence-corrected chi connectivity index (χ2v) is 6.90. The molecule has 10 heteroatoms. The smallest absolute Gasteiger partial charge is 0.283 e. The first kappa shape index (κ1) is 18.9. The summed E-state index contributed by atoms with van der Waals surface area (Å²) in [6, 6.07) is 5.46. The summed E-state index contributed by atoms with van der Waals surface area (Å²) in [6.45, 7) is 0. The number of amidine groups is 1. The van der Waals surface area contributed by atoms with Crippen LogP contribution in [0.1, 0.15) is 33.6 Å². The Hall–Kier alpha value is -3.48. The van der Waals surface area contributed by atoms with Crippen LogP contribution in [0.3, 0.4) is 0 Å². The molecule has 0 saturated heterocycles. The third-order valence-electron chi connectivity index (χ3n) is 5.07. The number of nitrogens with zero attached hydrogens (tertiary/aromatic N) is 4. The Balaban J connectivity index is 1.68. The van der Waals surface area contributed by atoms with Gasteiger partial charge in [-0.2, -0.15) is 9.65 Å². The minimum absolute atomic E-state index is 0.0917. The lowest BCUT2D eigenvalue weighted by Crippen LogP contribution is -2.43. The molecule has 7 nitrogen and oxygen atoms in total. The molecule has 0 bridgehead atoms. The number of Topliss-reactive ketones (excluding diaryl/α,β-unsaturated/α-hetero) is 1. The van der Waals surface area contributed by atoms with E-state index in [2.05, 4.69) is 15.0 Å². The number of carbonyl (C=O) groups is 1. The first-order valence-corrected chi connectivity index (χ1v) is 8.69. The predicted molar refractivity (Wildman–Crippen MR) is 93.5 cm³/mol. The van der Waals surface area contributed by atoms with Crippen LogP contribution in [-0.2, 0) is 16.7 Å². The van der Waals surface area contributed by atoms with Crippen LogP contribution in [0.4, 0.5) is 13.2 Å². The van der Waals surface area contributed by atoms with E-state index in [9.17, 15) is 18.0 Å². The molecule has 148 valence electrons. The summed E-state index contributed by atoms with van der Waals surface area (Å²) in [5.74, 6) is -2.25. The monoisotopic (exact) mass is 401 g/mol. The second-order valence-electron chi connectivity index (χ2n) is 6.90. The fourth-order valence-electron chi connectivity index (χ4n) is 3.57. The number of carbonyl (C=O) groups excluding carboxylic acids is 1. The number of ether oxygens (including phenoxy) is 1. The Labute approximate surface area is 163 Å². The maximum Gasteiger partial charge on any atom is 0.283 e. The Bertz CT molecular complexity index is 1050. The van der Waals surface area contributed by atoms with E-state index >= 15 is 0 Å². The maximum atomic E-state index is 14.5. The van der Waals surface area contributed by atoms with Crippen LogP contribution in [0, 0.1) is 23.2 Å². The number of pyridine rings is 2. The Kier molecular flexibility index (Phi) is 4.45. The van der Waals surface area contributed by atoms with Gasteiger partial charge in [-0.05, 0) is 30.2 Å². The number of halogens is 3. The van der Waals surface area contributed by atoms with E-state index in [4.69, 9.17) is 15.7 Å². The molecule has 29 heavy (non-hydrogen) atoms. The summed E-state index contributed by atoms with van der Waals surface area (Å²) >= 11 is 0. The van der Waals surface area contributed by atoms with Gasteiger partial charge in [0.25, 0.3) is 12.4 Å². The highest BCUT2D eigenvalue weighted by Gasteiger charge is 2.64. The molecule has 0 amide bonds. The zero-order valence-corrected chi connectivity index (χ0v) is 14.8. The highest BCUT2D eigenvalue weighted by molar-refractivity contribution is 5.95. The van der Waals surface area contributed by atoms with E-state index < -0.39 is 47.3 Å². The van der Waals surface area contributed by atoms with Crippen molar-refractivity contribution in [1.82, 2.24) is 9.97 Å². The van der Waals surface area contributed by atoms with E-state index in [1.165, 1.54) is 24.4 Å². The van der Waals surface area contributed by atoms with Crippen molar-refractivity contribution < 1.29 is 22.7 Å². The van der Waals surface area contributed by atoms with E-state index in [-0.39, 0.29) is 24.1 Å². The number of nitriles is 1. The number of aliphatic imine (C=N–C) groups is 1. The number of fused-ring (bicyclic) bond motifs is 1. The summed E-state index contributed by atoms with van der Waals surface area (Å²) in [5.41, 5.74) is 3.54. The molecule has 1 aliphatic heterocycles. The average molecular weight is 401 g/mol. The fraction of sp³-hybridized carbons (Fsp3) is 0.316. The topological polar surface area (TPSA) is 114 Å². The molecule has 1 aliphatic carbocycles. The van der Waals surface area contributed by atoms with Crippen molar-refractivity contribution in [2.24, 2.45) is 16.6 Å². The molecule has 3 atom stereocenters. The largest absolute Gasteiger partial charge is 0.462 e. The molecule has 0 aromatic carbocycles. The number of alkyl halides is 2. The lowest BCUT2D eigenvalue weighted by Gasteiger charge is -2.32. The van der Waals surface area contributed by atoms with Gasteiger partial charge < -0.3 is 10.5 Å². The molecule has 0 unspecified atom stereocenters. The molecule has 3 heterocycles. The van der Waals surface area contributed by atoms with Crippen molar-refractivity contribution in [3.05, 3.63) is 58.9 Å². The standard InChI is InChI=1S/C19H14F3N5O2/c20-16-12(19(17(21)22)11-5-15(11)29-18(24)27-19)3-10(8-26-16)4-14(28)13-2-1-9(6-23)7-25-13/h1-3,7-8,11,15,17H,4-5H2,(H2,24,27)/t11-,15+,19-/m1/s1. The average Bonchev–Trinajstić information content (AvgIpc) is 3.48. The lowest BCUT2D eigenvalue weighted by molar-refractivity contribution is 0.0171. The van der Waals surface area contributed by atoms with Crippen LogP contribution in [-0.4, -0.2) is 34.3 Å². The maximum absolute atomic E-state index is 14.5. The van der Waals surface area contributed by atoms with Crippen molar-refractivity contribution in [3.63, 3.8) is 0 Å². The normalized spacial score (nSPS) is 24.9. The summed E-state index contributed by atoms with van der Waals surface area (Å²) in [5, 5.41) is 8.79. The van der Waals surface area contributed by atoms with Crippen LogP contribution in [0.25, 0.3) is 0 Å². The van der Waals surface area contributed by atoms with E-state index in [0.29, 0.717) is 5.56 Å². The van der Waals surface area contributed by atoms with E-state index in [1.54, 1.807) is 0 Å². The fourth-order valence-corrected chi connectivity index (χ4v) is 3.57. The molecule has 0 radical (unpaired) electrons. The van der Waals surface area contributed by atoms with Crippen LogP contribution in [0.5, 0.6) is 0 Å². The molecule has 1 fully saturated rings. The molecule has 2 N–H and O–H groups in total. The molecule has 2 aliphatic rings. The van der Waals surface area contributed by atoms with Gasteiger partial charge in [0.1, 0.15) is 17.9 Å². The third-order valence-corrected chi connectivity index (χ3v) is 5.07. The third kappa shape index (κ3) is 3.18. The van der Waals surface area contributed by atoms with Crippen molar-refractivity contribution in [2.45, 2.75) is 30.9 Å². The minimum atomic E-state index is -3.04. The van der Waals surface area contributed by atoms with Crippen molar-refractivity contribution in [3.8, 4) is 6.07 Å². The lowest BCUT2D eigenvalue weighted by atomic mass is 9.85. The van der Waals surface area contributed by atoms with Gasteiger partial charge in [-0.1, -0.05) is 0 Å². The van der Waals surface area contributed by atoms with Gasteiger partial charge in [-0.3, -0.25) is 9.78 Å². The Morgan fingerprint density at radius 1 is 1.38 bits per heavy atom. The number of aromatic nitrogens is 2. The van der Waals surface area contributed by atoms with Gasteiger partial charge in [-0.15, -0.1) is 0 Å².